The third-order valence-electron chi connectivity index (χ3n) is 11.7. The second-order valence-corrected chi connectivity index (χ2v) is 19.7. The Labute approximate surface area is 387 Å². The van der Waals surface area contributed by atoms with E-state index in [4.69, 9.17) is 19.2 Å². The van der Waals surface area contributed by atoms with Crippen molar-refractivity contribution < 1.29 is 37.3 Å². The van der Waals surface area contributed by atoms with Crippen LogP contribution in [0.1, 0.15) is 159 Å². The molecular weight excluding hydrogens is 843 g/mol. The fourth-order valence-corrected chi connectivity index (χ4v) is 9.52. The number of aromatic carboxylic acids is 1. The van der Waals surface area contributed by atoms with E-state index in [1.54, 1.807) is 31.4 Å². The van der Waals surface area contributed by atoms with Crippen molar-refractivity contribution in [1.82, 2.24) is 14.1 Å². The standard InChI is InChI=1S/C51H71N5O8S/c1-6-7-8-9-10-11-12-13-14-15-16-17-18-19-20-23-33-56-48(53-43-25-21-22-26-46(43)65(56,60)61)47(55-38-39(37-52-55)50(58)59)49(57)54-44-36-40(51(2,3)4)27-32-45(44)64-35-24-34-63-42-30-28-41(62-5)29-31-42/h21-22,25-32,36-38,47H,6-20,23-24,33-35H2,1-5H3,(H,54,57)(H,58,59). The van der Waals surface area contributed by atoms with Crippen molar-refractivity contribution in [3.8, 4) is 17.2 Å². The van der Waals surface area contributed by atoms with E-state index in [0.717, 1.165) is 43.2 Å². The molecule has 14 heteroatoms. The Morgan fingerprint density at radius 2 is 1.34 bits per heavy atom. The predicted molar refractivity (Wildman–Crippen MR) is 258 cm³/mol. The van der Waals surface area contributed by atoms with Crippen molar-refractivity contribution in [2.45, 2.75) is 153 Å². The van der Waals surface area contributed by atoms with Crippen LogP contribution < -0.4 is 19.5 Å². The molecule has 354 valence electrons. The molecule has 65 heavy (non-hydrogen) atoms. The highest BCUT2D eigenvalue weighted by molar-refractivity contribution is 7.90. The first-order valence-corrected chi connectivity index (χ1v) is 25.1. The van der Waals surface area contributed by atoms with Crippen LogP contribution in [0.15, 0.2) is 89.0 Å². The fraction of sp³-hybridized carbons (Fsp3) is 0.529. The lowest BCUT2D eigenvalue weighted by Crippen LogP contribution is -2.47. The Balaban J connectivity index is 1.30. The number of sulfonamides is 1. The van der Waals surface area contributed by atoms with Gasteiger partial charge in [0.05, 0.1) is 43.5 Å². The molecule has 1 aliphatic heterocycles. The molecule has 1 aromatic heterocycles. The quantitative estimate of drug-likeness (QED) is 0.0505. The van der Waals surface area contributed by atoms with Crippen molar-refractivity contribution in [3.63, 3.8) is 0 Å². The summed E-state index contributed by atoms with van der Waals surface area (Å²) >= 11 is 0. The highest BCUT2D eigenvalue weighted by Gasteiger charge is 2.41. The van der Waals surface area contributed by atoms with E-state index >= 15 is 0 Å². The number of aliphatic imine (C=N–C) groups is 1. The second kappa shape index (κ2) is 25.4. The Bertz CT molecular complexity index is 2250. The smallest absolute Gasteiger partial charge is 0.338 e. The summed E-state index contributed by atoms with van der Waals surface area (Å²) in [5, 5.41) is 17.2. The molecule has 1 unspecified atom stereocenters. The minimum Gasteiger partial charge on any atom is -0.497 e. The third-order valence-corrected chi connectivity index (χ3v) is 13.6. The molecule has 1 aliphatic rings. The van der Waals surface area contributed by atoms with Gasteiger partial charge in [-0.15, -0.1) is 0 Å². The van der Waals surface area contributed by atoms with E-state index in [2.05, 4.69) is 38.1 Å². The zero-order valence-corrected chi connectivity index (χ0v) is 40.0. The zero-order chi connectivity index (χ0) is 46.7. The maximum absolute atomic E-state index is 14.9. The number of benzene rings is 3. The number of carboxylic acid groups (broad SMARTS) is 1. The van der Waals surface area contributed by atoms with Gasteiger partial charge in [-0.05, 0) is 65.9 Å². The highest BCUT2D eigenvalue weighted by Crippen LogP contribution is 2.37. The molecule has 0 bridgehead atoms. The van der Waals surface area contributed by atoms with Crippen molar-refractivity contribution in [2.75, 3.05) is 32.2 Å². The van der Waals surface area contributed by atoms with Crippen LogP contribution in [0.4, 0.5) is 11.4 Å². The number of fused-ring (bicyclic) bond motifs is 1. The molecule has 13 nitrogen and oxygen atoms in total. The first-order chi connectivity index (χ1) is 31.3. The van der Waals surface area contributed by atoms with E-state index in [9.17, 15) is 23.1 Å². The maximum atomic E-state index is 14.9. The highest BCUT2D eigenvalue weighted by atomic mass is 32.2. The summed E-state index contributed by atoms with van der Waals surface area (Å²) in [7, 11) is -2.57. The number of anilines is 1. The molecular formula is C51H71N5O8S. The largest absolute Gasteiger partial charge is 0.497 e. The van der Waals surface area contributed by atoms with Crippen LogP contribution in [0.5, 0.6) is 17.2 Å². The minimum atomic E-state index is -4.17. The molecule has 4 aromatic rings. The summed E-state index contributed by atoms with van der Waals surface area (Å²) in [6.45, 7) is 9.15. The number of carbonyl (C=O) groups excluding carboxylic acids is 1. The number of hydrogen-bond donors (Lipinski definition) is 2. The summed E-state index contributed by atoms with van der Waals surface area (Å²) in [6, 6.07) is 17.9. The van der Waals surface area contributed by atoms with Gasteiger partial charge in [-0.1, -0.05) is 142 Å². The number of methoxy groups -OCH3 is 1. The normalized spacial score (nSPS) is 13.7. The van der Waals surface area contributed by atoms with Crippen LogP contribution in [0.3, 0.4) is 0 Å². The van der Waals surface area contributed by atoms with Gasteiger partial charge in [0.2, 0.25) is 0 Å². The number of rotatable bonds is 29. The molecule has 0 fully saturated rings. The summed E-state index contributed by atoms with van der Waals surface area (Å²) in [4.78, 5) is 31.8. The lowest BCUT2D eigenvalue weighted by molar-refractivity contribution is -0.117. The Morgan fingerprint density at radius 3 is 1.92 bits per heavy atom. The molecule has 1 atom stereocenters. The number of ether oxygens (including phenoxy) is 3. The average molecular weight is 914 g/mol. The van der Waals surface area contributed by atoms with Crippen LogP contribution in [0, 0.1) is 0 Å². The van der Waals surface area contributed by atoms with Crippen molar-refractivity contribution in [2.24, 2.45) is 4.99 Å². The SMILES string of the molecule is CCCCCCCCCCCCCCCCCCN1C(C(C(=O)Nc2cc(C(C)(C)C)ccc2OCCCOc2ccc(OC)cc2)n2cc(C(=O)O)cn2)=Nc2ccccc2S1(=O)=O. The molecule has 2 N–H and O–H groups in total. The number of nitrogens with zero attached hydrogens (tertiary/aromatic N) is 4. The molecule has 3 aromatic carbocycles. The molecule has 0 spiro atoms. The second-order valence-electron chi connectivity index (χ2n) is 17.9. The van der Waals surface area contributed by atoms with Gasteiger partial charge < -0.3 is 24.6 Å². The number of carbonyl (C=O) groups is 2. The zero-order valence-electron chi connectivity index (χ0n) is 39.2. The maximum Gasteiger partial charge on any atom is 0.338 e. The van der Waals surface area contributed by atoms with E-state index in [1.165, 1.54) is 91.9 Å². The molecule has 0 aliphatic carbocycles. The van der Waals surface area contributed by atoms with Gasteiger partial charge in [-0.3, -0.25) is 13.8 Å². The lowest BCUT2D eigenvalue weighted by Gasteiger charge is -2.33. The Hall–Kier alpha value is -5.37. The average Bonchev–Trinajstić information content (AvgIpc) is 3.77. The summed E-state index contributed by atoms with van der Waals surface area (Å²) in [5.74, 6) is -0.163. The van der Waals surface area contributed by atoms with Crippen LogP contribution in [-0.4, -0.2) is 72.2 Å². The molecule has 0 saturated carbocycles. The fourth-order valence-electron chi connectivity index (χ4n) is 7.89. The van der Waals surface area contributed by atoms with E-state index in [-0.39, 0.29) is 40.5 Å². The van der Waals surface area contributed by atoms with E-state index in [1.807, 2.05) is 36.4 Å². The number of carboxylic acids is 1. The first kappa shape index (κ1) is 50.6. The van der Waals surface area contributed by atoms with Gasteiger partial charge in [-0.2, -0.15) is 5.10 Å². The molecule has 0 saturated heterocycles. The Kier molecular flexibility index (Phi) is 19.8. The third kappa shape index (κ3) is 15.1. The molecule has 1 amide bonds. The van der Waals surface area contributed by atoms with Crippen LogP contribution >= 0.6 is 0 Å². The molecule has 2 heterocycles. The van der Waals surface area contributed by atoms with Crippen LogP contribution in [-0.2, 0) is 20.2 Å². The van der Waals surface area contributed by atoms with Gasteiger partial charge in [0.25, 0.3) is 15.9 Å². The number of amides is 1. The predicted octanol–water partition coefficient (Wildman–Crippen LogP) is 11.9. The number of amidine groups is 1. The number of unbranched alkanes of at least 4 members (excludes halogenated alkanes) is 15. The Morgan fingerprint density at radius 1 is 0.754 bits per heavy atom. The van der Waals surface area contributed by atoms with Crippen LogP contribution in [0.2, 0.25) is 0 Å². The summed E-state index contributed by atoms with van der Waals surface area (Å²) in [5.41, 5.74) is 1.01. The van der Waals surface area contributed by atoms with E-state index < -0.39 is 27.9 Å². The van der Waals surface area contributed by atoms with Gasteiger partial charge >= 0.3 is 5.97 Å². The van der Waals surface area contributed by atoms with Gasteiger partial charge in [-0.25, -0.2) is 18.2 Å². The number of hydrogen-bond acceptors (Lipinski definition) is 9. The summed E-state index contributed by atoms with van der Waals surface area (Å²) in [6.07, 6.45) is 21.8. The topological polar surface area (TPSA) is 162 Å². The summed E-state index contributed by atoms with van der Waals surface area (Å²) < 4.78 is 48.7. The number of aromatic nitrogens is 2. The number of para-hydroxylation sites is 1. The van der Waals surface area contributed by atoms with Gasteiger partial charge in [0, 0.05) is 19.2 Å². The van der Waals surface area contributed by atoms with Crippen LogP contribution in [0.25, 0.3) is 0 Å². The molecule has 0 radical (unpaired) electrons. The minimum absolute atomic E-state index is 0.0376. The lowest BCUT2D eigenvalue weighted by atomic mass is 9.87. The number of nitrogens with one attached hydrogen (secondary N) is 1. The van der Waals surface area contributed by atoms with Gasteiger partial charge in [0.1, 0.15) is 22.1 Å². The first-order valence-electron chi connectivity index (χ1n) is 23.7. The van der Waals surface area contributed by atoms with Crippen molar-refractivity contribution in [3.05, 3.63) is 90.3 Å². The molecule has 5 rings (SSSR count). The van der Waals surface area contributed by atoms with Crippen molar-refractivity contribution in [1.29, 1.82) is 0 Å². The van der Waals surface area contributed by atoms with Crippen molar-refractivity contribution >= 4 is 39.1 Å². The van der Waals surface area contributed by atoms with Gasteiger partial charge in [0.15, 0.2) is 11.9 Å². The monoisotopic (exact) mass is 914 g/mol. The van der Waals surface area contributed by atoms with E-state index in [0.29, 0.717) is 36.6 Å².